The van der Waals surface area contributed by atoms with E-state index in [9.17, 15) is 0 Å². The highest BCUT2D eigenvalue weighted by molar-refractivity contribution is 5.23. The van der Waals surface area contributed by atoms with E-state index < -0.39 is 0 Å². The van der Waals surface area contributed by atoms with Gasteiger partial charge >= 0.3 is 0 Å². The van der Waals surface area contributed by atoms with E-state index in [0.717, 1.165) is 12.5 Å². The normalized spacial score (nSPS) is 10.9. The van der Waals surface area contributed by atoms with Crippen LogP contribution >= 0.6 is 0 Å². The molecule has 0 fully saturated rings. The van der Waals surface area contributed by atoms with Gasteiger partial charge in [-0.25, -0.2) is 0 Å². The minimum Gasteiger partial charge on any atom is -0.320 e. The molecule has 0 aromatic heterocycles. The van der Waals surface area contributed by atoms with Crippen molar-refractivity contribution in [2.75, 3.05) is 13.6 Å². The van der Waals surface area contributed by atoms with Crippen molar-refractivity contribution in [3.63, 3.8) is 0 Å². The van der Waals surface area contributed by atoms with Gasteiger partial charge in [0.15, 0.2) is 0 Å². The summed E-state index contributed by atoms with van der Waals surface area (Å²) < 4.78 is 0. The van der Waals surface area contributed by atoms with Crippen LogP contribution in [0.15, 0.2) is 24.3 Å². The number of hydrogen-bond donors (Lipinski definition) is 1. The van der Waals surface area contributed by atoms with Crippen molar-refractivity contribution in [3.8, 4) is 0 Å². The minimum absolute atomic E-state index is 0.748. The van der Waals surface area contributed by atoms with Crippen LogP contribution in [-0.2, 0) is 12.8 Å². The van der Waals surface area contributed by atoms with Crippen molar-refractivity contribution >= 4 is 0 Å². The van der Waals surface area contributed by atoms with Gasteiger partial charge in [-0.1, -0.05) is 38.1 Å². The van der Waals surface area contributed by atoms with E-state index in [2.05, 4.69) is 43.4 Å². The molecular weight excluding hydrogens is 182 g/mol. The molecule has 0 bridgehead atoms. The van der Waals surface area contributed by atoms with E-state index in [1.54, 1.807) is 0 Å². The molecule has 0 saturated heterocycles. The van der Waals surface area contributed by atoms with Crippen LogP contribution in [0.25, 0.3) is 0 Å². The van der Waals surface area contributed by atoms with Gasteiger partial charge in [-0.2, -0.15) is 0 Å². The van der Waals surface area contributed by atoms with Gasteiger partial charge in [-0.3, -0.25) is 0 Å². The monoisotopic (exact) mass is 205 g/mol. The zero-order valence-electron chi connectivity index (χ0n) is 10.2. The third kappa shape index (κ3) is 4.98. The Kier molecular flexibility index (Phi) is 5.41. The van der Waals surface area contributed by atoms with Crippen molar-refractivity contribution in [2.45, 2.75) is 33.1 Å². The molecule has 1 aromatic carbocycles. The molecule has 0 amide bonds. The summed E-state index contributed by atoms with van der Waals surface area (Å²) in [4.78, 5) is 0. The van der Waals surface area contributed by atoms with Gasteiger partial charge < -0.3 is 5.32 Å². The van der Waals surface area contributed by atoms with Crippen molar-refractivity contribution in [1.82, 2.24) is 5.32 Å². The Morgan fingerprint density at radius 2 is 1.93 bits per heavy atom. The molecule has 0 radical (unpaired) electrons. The van der Waals surface area contributed by atoms with Crippen molar-refractivity contribution in [1.29, 1.82) is 0 Å². The van der Waals surface area contributed by atoms with E-state index in [-0.39, 0.29) is 0 Å². The highest BCUT2D eigenvalue weighted by atomic mass is 14.8. The lowest BCUT2D eigenvalue weighted by atomic mass is 9.99. The second kappa shape index (κ2) is 6.62. The Hall–Kier alpha value is -0.820. The molecule has 0 aliphatic carbocycles. The second-order valence-corrected chi connectivity index (χ2v) is 4.63. The Balaban J connectivity index is 2.50. The lowest BCUT2D eigenvalue weighted by Crippen LogP contribution is -2.08. The van der Waals surface area contributed by atoms with Gasteiger partial charge in [0.05, 0.1) is 0 Å². The number of hydrogen-bond acceptors (Lipinski definition) is 1. The van der Waals surface area contributed by atoms with E-state index >= 15 is 0 Å². The van der Waals surface area contributed by atoms with E-state index in [1.807, 2.05) is 7.05 Å². The SMILES string of the molecule is CNCCCc1cccc(CC(C)C)c1. The van der Waals surface area contributed by atoms with Crippen molar-refractivity contribution < 1.29 is 0 Å². The maximum absolute atomic E-state index is 3.18. The standard InChI is InChI=1S/C14H23N/c1-12(2)10-14-7-4-6-13(11-14)8-5-9-15-3/h4,6-7,11-12,15H,5,8-10H2,1-3H3. The zero-order valence-corrected chi connectivity index (χ0v) is 10.2. The van der Waals surface area contributed by atoms with Crippen LogP contribution in [0.1, 0.15) is 31.4 Å². The van der Waals surface area contributed by atoms with Gasteiger partial charge in [-0.15, -0.1) is 0 Å². The third-order valence-corrected chi connectivity index (χ3v) is 2.53. The quantitative estimate of drug-likeness (QED) is 0.704. The van der Waals surface area contributed by atoms with E-state index in [0.29, 0.717) is 0 Å². The topological polar surface area (TPSA) is 12.0 Å². The van der Waals surface area contributed by atoms with Crippen LogP contribution < -0.4 is 5.32 Å². The number of nitrogens with one attached hydrogen (secondary N) is 1. The van der Waals surface area contributed by atoms with Gasteiger partial charge in [0.25, 0.3) is 0 Å². The first kappa shape index (κ1) is 12.3. The fourth-order valence-corrected chi connectivity index (χ4v) is 1.85. The molecular formula is C14H23N. The summed E-state index contributed by atoms with van der Waals surface area (Å²) in [5, 5.41) is 3.18. The zero-order chi connectivity index (χ0) is 11.1. The Labute approximate surface area is 93.9 Å². The van der Waals surface area contributed by atoms with E-state index in [1.165, 1.54) is 30.4 Å². The lowest BCUT2D eigenvalue weighted by molar-refractivity contribution is 0.646. The summed E-state index contributed by atoms with van der Waals surface area (Å²) in [5.74, 6) is 0.748. The first-order valence-electron chi connectivity index (χ1n) is 5.94. The van der Waals surface area contributed by atoms with Gasteiger partial charge in [0, 0.05) is 0 Å². The fraction of sp³-hybridized carbons (Fsp3) is 0.571. The Morgan fingerprint density at radius 1 is 1.20 bits per heavy atom. The highest BCUT2D eigenvalue weighted by Gasteiger charge is 1.99. The average molecular weight is 205 g/mol. The Morgan fingerprint density at radius 3 is 2.60 bits per heavy atom. The number of benzene rings is 1. The van der Waals surface area contributed by atoms with Crippen molar-refractivity contribution in [2.24, 2.45) is 5.92 Å². The summed E-state index contributed by atoms with van der Waals surface area (Å²) in [7, 11) is 2.01. The van der Waals surface area contributed by atoms with Crippen LogP contribution in [0.5, 0.6) is 0 Å². The van der Waals surface area contributed by atoms with Crippen LogP contribution in [0.4, 0.5) is 0 Å². The molecule has 1 rings (SSSR count). The second-order valence-electron chi connectivity index (χ2n) is 4.63. The van der Waals surface area contributed by atoms with Gasteiger partial charge in [0.2, 0.25) is 0 Å². The van der Waals surface area contributed by atoms with Crippen LogP contribution in [0.3, 0.4) is 0 Å². The first-order valence-corrected chi connectivity index (χ1v) is 5.94. The van der Waals surface area contributed by atoms with Crippen LogP contribution in [0.2, 0.25) is 0 Å². The molecule has 84 valence electrons. The minimum atomic E-state index is 0.748. The maximum Gasteiger partial charge on any atom is -0.00488 e. The molecule has 15 heavy (non-hydrogen) atoms. The van der Waals surface area contributed by atoms with Crippen LogP contribution in [-0.4, -0.2) is 13.6 Å². The van der Waals surface area contributed by atoms with E-state index in [4.69, 9.17) is 0 Å². The highest BCUT2D eigenvalue weighted by Crippen LogP contribution is 2.11. The van der Waals surface area contributed by atoms with Crippen molar-refractivity contribution in [3.05, 3.63) is 35.4 Å². The van der Waals surface area contributed by atoms with Gasteiger partial charge in [-0.05, 0) is 49.9 Å². The molecule has 0 aliphatic rings. The molecule has 0 spiro atoms. The molecule has 0 aliphatic heterocycles. The predicted octanol–water partition coefficient (Wildman–Crippen LogP) is 3.04. The molecule has 0 atom stereocenters. The average Bonchev–Trinajstić information content (AvgIpc) is 2.18. The Bertz CT molecular complexity index is 278. The molecule has 1 N–H and O–H groups in total. The predicted molar refractivity (Wildman–Crippen MR) is 67.2 cm³/mol. The molecule has 0 saturated carbocycles. The molecule has 1 nitrogen and oxygen atoms in total. The summed E-state index contributed by atoms with van der Waals surface area (Å²) in [6.45, 7) is 5.65. The largest absolute Gasteiger partial charge is 0.320 e. The summed E-state index contributed by atoms with van der Waals surface area (Å²) in [6, 6.07) is 9.02. The fourth-order valence-electron chi connectivity index (χ4n) is 1.85. The van der Waals surface area contributed by atoms with Crippen LogP contribution in [0, 0.1) is 5.92 Å². The number of rotatable bonds is 6. The summed E-state index contributed by atoms with van der Waals surface area (Å²) >= 11 is 0. The van der Waals surface area contributed by atoms with Gasteiger partial charge in [0.1, 0.15) is 0 Å². The first-order chi connectivity index (χ1) is 7.22. The molecule has 0 heterocycles. The summed E-state index contributed by atoms with van der Waals surface area (Å²) in [5.41, 5.74) is 2.95. The summed E-state index contributed by atoms with van der Waals surface area (Å²) in [6.07, 6.45) is 3.61. The lowest BCUT2D eigenvalue weighted by Gasteiger charge is -2.07. The third-order valence-electron chi connectivity index (χ3n) is 2.53. The molecule has 1 aromatic rings. The molecule has 1 heteroatoms. The molecule has 0 unspecified atom stereocenters. The smallest absolute Gasteiger partial charge is 0.00488 e. The number of aryl methyl sites for hydroxylation is 1. The maximum atomic E-state index is 3.18.